The van der Waals surface area contributed by atoms with Crippen LogP contribution in [0.5, 0.6) is 0 Å². The van der Waals surface area contributed by atoms with Gasteiger partial charge in [0.1, 0.15) is 16.8 Å². The van der Waals surface area contributed by atoms with Crippen LogP contribution >= 0.6 is 11.6 Å². The number of aromatic nitrogens is 2. The Morgan fingerprint density at radius 2 is 1.83 bits per heavy atom. The molecule has 1 aromatic rings. The third-order valence-corrected chi connectivity index (χ3v) is 3.85. The van der Waals surface area contributed by atoms with E-state index in [4.69, 9.17) is 11.6 Å². The summed E-state index contributed by atoms with van der Waals surface area (Å²) < 4.78 is 0. The van der Waals surface area contributed by atoms with E-state index in [1.807, 2.05) is 6.07 Å². The Hall–Kier alpha value is -0.830. The lowest BCUT2D eigenvalue weighted by Crippen LogP contribution is -2.37. The standard InChI is InChI=1S/C14H22ClN3/c1-10(2)13-16-11(15)9-12(17-13)18-7-5-14(3,4)6-8-18/h9-10H,5-8H2,1-4H3. The highest BCUT2D eigenvalue weighted by atomic mass is 35.5. The first-order valence-corrected chi connectivity index (χ1v) is 7.05. The van der Waals surface area contributed by atoms with Gasteiger partial charge < -0.3 is 4.90 Å². The van der Waals surface area contributed by atoms with Crippen molar-refractivity contribution >= 4 is 17.4 Å². The summed E-state index contributed by atoms with van der Waals surface area (Å²) in [4.78, 5) is 11.2. The summed E-state index contributed by atoms with van der Waals surface area (Å²) in [5, 5.41) is 0.550. The number of halogens is 1. The smallest absolute Gasteiger partial charge is 0.135 e. The van der Waals surface area contributed by atoms with E-state index in [1.165, 1.54) is 12.8 Å². The van der Waals surface area contributed by atoms with Crippen molar-refractivity contribution in [1.29, 1.82) is 0 Å². The molecule has 1 saturated heterocycles. The Balaban J connectivity index is 2.19. The topological polar surface area (TPSA) is 29.0 Å². The molecule has 2 rings (SSSR count). The van der Waals surface area contributed by atoms with Crippen molar-refractivity contribution in [3.8, 4) is 0 Å². The average Bonchev–Trinajstić information content (AvgIpc) is 2.28. The minimum Gasteiger partial charge on any atom is -0.356 e. The third-order valence-electron chi connectivity index (χ3n) is 3.66. The van der Waals surface area contributed by atoms with Crippen molar-refractivity contribution in [2.45, 2.75) is 46.5 Å². The molecule has 0 bridgehead atoms. The molecular formula is C14H22ClN3. The highest BCUT2D eigenvalue weighted by Gasteiger charge is 2.26. The number of anilines is 1. The van der Waals surface area contributed by atoms with E-state index in [-0.39, 0.29) is 0 Å². The molecule has 0 amide bonds. The lowest BCUT2D eigenvalue weighted by Gasteiger charge is -2.37. The molecule has 2 heterocycles. The predicted molar refractivity (Wildman–Crippen MR) is 76.4 cm³/mol. The van der Waals surface area contributed by atoms with Crippen molar-refractivity contribution in [3.05, 3.63) is 17.0 Å². The Morgan fingerprint density at radius 3 is 2.39 bits per heavy atom. The first-order valence-electron chi connectivity index (χ1n) is 6.67. The summed E-state index contributed by atoms with van der Waals surface area (Å²) in [6, 6.07) is 1.88. The number of hydrogen-bond acceptors (Lipinski definition) is 3. The molecule has 1 fully saturated rings. The largest absolute Gasteiger partial charge is 0.356 e. The summed E-state index contributed by atoms with van der Waals surface area (Å²) in [6.07, 6.45) is 2.40. The summed E-state index contributed by atoms with van der Waals surface area (Å²) >= 11 is 6.09. The van der Waals surface area contributed by atoms with E-state index < -0.39 is 0 Å². The highest BCUT2D eigenvalue weighted by Crippen LogP contribution is 2.32. The van der Waals surface area contributed by atoms with Crippen LogP contribution in [-0.2, 0) is 0 Å². The van der Waals surface area contributed by atoms with E-state index in [0.717, 1.165) is 24.7 Å². The normalized spacial score (nSPS) is 19.3. The number of piperidine rings is 1. The molecule has 0 unspecified atom stereocenters. The highest BCUT2D eigenvalue weighted by molar-refractivity contribution is 6.29. The van der Waals surface area contributed by atoms with Gasteiger partial charge in [-0.25, -0.2) is 9.97 Å². The molecular weight excluding hydrogens is 246 g/mol. The quantitative estimate of drug-likeness (QED) is 0.762. The minimum atomic E-state index is 0.309. The average molecular weight is 268 g/mol. The van der Waals surface area contributed by atoms with Gasteiger partial charge in [0, 0.05) is 25.1 Å². The summed E-state index contributed by atoms with van der Waals surface area (Å²) in [5.74, 6) is 2.13. The van der Waals surface area contributed by atoms with Crippen molar-refractivity contribution in [2.24, 2.45) is 5.41 Å². The Bertz CT molecular complexity index is 419. The van der Waals surface area contributed by atoms with E-state index in [2.05, 4.69) is 42.6 Å². The van der Waals surface area contributed by atoms with Crippen molar-refractivity contribution in [3.63, 3.8) is 0 Å². The number of rotatable bonds is 2. The molecule has 0 radical (unpaired) electrons. The van der Waals surface area contributed by atoms with Crippen LogP contribution in [-0.4, -0.2) is 23.1 Å². The second kappa shape index (κ2) is 5.04. The summed E-state index contributed by atoms with van der Waals surface area (Å²) in [6.45, 7) is 11.0. The molecule has 3 nitrogen and oxygen atoms in total. The fraction of sp³-hybridized carbons (Fsp3) is 0.714. The van der Waals surface area contributed by atoms with Gasteiger partial charge in [0.2, 0.25) is 0 Å². The maximum Gasteiger partial charge on any atom is 0.135 e. The van der Waals surface area contributed by atoms with Crippen molar-refractivity contribution < 1.29 is 0 Å². The van der Waals surface area contributed by atoms with Crippen LogP contribution in [0, 0.1) is 5.41 Å². The fourth-order valence-corrected chi connectivity index (χ4v) is 2.37. The van der Waals surface area contributed by atoms with Gasteiger partial charge >= 0.3 is 0 Å². The predicted octanol–water partition coefficient (Wildman–Crippen LogP) is 3.88. The molecule has 0 N–H and O–H groups in total. The zero-order valence-electron chi connectivity index (χ0n) is 11.7. The van der Waals surface area contributed by atoms with Crippen LogP contribution in [0.4, 0.5) is 5.82 Å². The van der Waals surface area contributed by atoms with Crippen LogP contribution in [0.1, 0.15) is 52.3 Å². The van der Waals surface area contributed by atoms with Crippen molar-refractivity contribution in [1.82, 2.24) is 9.97 Å². The van der Waals surface area contributed by atoms with Gasteiger partial charge in [-0.05, 0) is 18.3 Å². The molecule has 0 saturated carbocycles. The van der Waals surface area contributed by atoms with Gasteiger partial charge in [0.15, 0.2) is 0 Å². The van der Waals surface area contributed by atoms with Crippen LogP contribution in [0.2, 0.25) is 5.15 Å². The minimum absolute atomic E-state index is 0.309. The second-order valence-corrected chi connectivity index (χ2v) is 6.60. The van der Waals surface area contributed by atoms with Gasteiger partial charge in [0.25, 0.3) is 0 Å². The molecule has 0 spiro atoms. The fourth-order valence-electron chi connectivity index (χ4n) is 2.18. The van der Waals surface area contributed by atoms with Gasteiger partial charge in [-0.3, -0.25) is 0 Å². The second-order valence-electron chi connectivity index (χ2n) is 6.21. The molecule has 0 aromatic carbocycles. The van der Waals surface area contributed by atoms with Gasteiger partial charge in [-0.1, -0.05) is 39.3 Å². The maximum atomic E-state index is 6.09. The SMILES string of the molecule is CC(C)c1nc(Cl)cc(N2CCC(C)(C)CC2)n1. The summed E-state index contributed by atoms with van der Waals surface area (Å²) in [7, 11) is 0. The monoisotopic (exact) mass is 267 g/mol. The van der Waals surface area contributed by atoms with Gasteiger partial charge in [0.05, 0.1) is 0 Å². The van der Waals surface area contributed by atoms with E-state index in [9.17, 15) is 0 Å². The molecule has 0 aliphatic carbocycles. The third kappa shape index (κ3) is 3.14. The molecule has 4 heteroatoms. The summed E-state index contributed by atoms with van der Waals surface area (Å²) in [5.41, 5.74) is 0.453. The van der Waals surface area contributed by atoms with Crippen molar-refractivity contribution in [2.75, 3.05) is 18.0 Å². The molecule has 1 aromatic heterocycles. The number of hydrogen-bond donors (Lipinski definition) is 0. The molecule has 1 aliphatic heterocycles. The van der Waals surface area contributed by atoms with Crippen LogP contribution < -0.4 is 4.90 Å². The van der Waals surface area contributed by atoms with E-state index >= 15 is 0 Å². The Morgan fingerprint density at radius 1 is 1.22 bits per heavy atom. The lowest BCUT2D eigenvalue weighted by molar-refractivity contribution is 0.279. The van der Waals surface area contributed by atoms with Gasteiger partial charge in [-0.2, -0.15) is 0 Å². The number of nitrogens with zero attached hydrogens (tertiary/aromatic N) is 3. The maximum absolute atomic E-state index is 6.09. The Labute approximate surface area is 115 Å². The van der Waals surface area contributed by atoms with Gasteiger partial charge in [-0.15, -0.1) is 0 Å². The van der Waals surface area contributed by atoms with Crippen LogP contribution in [0.25, 0.3) is 0 Å². The Kier molecular flexibility index (Phi) is 3.81. The molecule has 0 atom stereocenters. The first-order chi connectivity index (χ1) is 8.37. The first kappa shape index (κ1) is 13.6. The zero-order valence-corrected chi connectivity index (χ0v) is 12.5. The van der Waals surface area contributed by atoms with Crippen LogP contribution in [0.3, 0.4) is 0 Å². The van der Waals surface area contributed by atoms with Crippen LogP contribution in [0.15, 0.2) is 6.07 Å². The zero-order chi connectivity index (χ0) is 13.3. The molecule has 1 aliphatic rings. The molecule has 18 heavy (non-hydrogen) atoms. The molecule has 100 valence electrons. The van der Waals surface area contributed by atoms with E-state index in [0.29, 0.717) is 16.5 Å². The lowest BCUT2D eigenvalue weighted by atomic mass is 9.83. The van der Waals surface area contributed by atoms with E-state index in [1.54, 1.807) is 0 Å².